The van der Waals surface area contributed by atoms with Crippen LogP contribution in [0.1, 0.15) is 48.0 Å². The molecule has 0 radical (unpaired) electrons. The number of rotatable bonds is 11. The Bertz CT molecular complexity index is 1010. The van der Waals surface area contributed by atoms with Crippen LogP contribution in [0.5, 0.6) is 0 Å². The Kier molecular flexibility index (Phi) is 8.66. The maximum Gasteiger partial charge on any atom is 0.304 e. The molecule has 4 heteroatoms. The molecule has 4 nitrogen and oxygen atoms in total. The molecule has 1 N–H and O–H groups in total. The average molecular weight is 456 g/mol. The number of hydrogen-bond donors (Lipinski definition) is 1. The minimum Gasteiger partial charge on any atom is -0.481 e. The molecule has 1 aliphatic heterocycles. The Morgan fingerprint density at radius 1 is 0.853 bits per heavy atom. The zero-order chi connectivity index (χ0) is 23.6. The van der Waals surface area contributed by atoms with Crippen molar-refractivity contribution in [3.05, 3.63) is 119 Å². The van der Waals surface area contributed by atoms with Crippen LogP contribution in [-0.2, 0) is 9.53 Å². The Morgan fingerprint density at radius 2 is 1.41 bits per heavy atom. The fraction of sp³-hybridized carbons (Fsp3) is 0.300. The van der Waals surface area contributed by atoms with E-state index in [2.05, 4.69) is 59.5 Å². The van der Waals surface area contributed by atoms with Crippen LogP contribution >= 0.6 is 0 Å². The lowest BCUT2D eigenvalue weighted by Crippen LogP contribution is -2.33. The van der Waals surface area contributed by atoms with Crippen molar-refractivity contribution in [2.24, 2.45) is 0 Å². The van der Waals surface area contributed by atoms with E-state index in [1.807, 2.05) is 42.5 Å². The van der Waals surface area contributed by atoms with E-state index in [9.17, 15) is 9.90 Å². The van der Waals surface area contributed by atoms with E-state index in [0.717, 1.165) is 38.0 Å². The Labute approximate surface area is 202 Å². The van der Waals surface area contributed by atoms with Gasteiger partial charge in [-0.2, -0.15) is 0 Å². The largest absolute Gasteiger partial charge is 0.481 e. The molecule has 0 aromatic heterocycles. The minimum absolute atomic E-state index is 0.00878. The van der Waals surface area contributed by atoms with Crippen LogP contribution in [0.3, 0.4) is 0 Å². The standard InChI is InChI=1S/C30H33NO3/c32-29(33)22-28(25-10-4-1-5-11-25)23-31-19-16-24(17-20-31)18-21-34-30(26-12-6-2-7-13-26)27-14-8-3-9-15-27/h1-16,28,30H,17-23H2,(H,32,33)/t28-/m1/s1. The van der Waals surface area contributed by atoms with E-state index in [1.54, 1.807) is 0 Å². The summed E-state index contributed by atoms with van der Waals surface area (Å²) in [6.45, 7) is 3.25. The van der Waals surface area contributed by atoms with Crippen molar-refractivity contribution >= 4 is 5.97 Å². The van der Waals surface area contributed by atoms with Crippen molar-refractivity contribution in [3.8, 4) is 0 Å². The van der Waals surface area contributed by atoms with Crippen LogP contribution in [0.4, 0.5) is 0 Å². The summed E-state index contributed by atoms with van der Waals surface area (Å²) in [4.78, 5) is 13.8. The second kappa shape index (κ2) is 12.3. The van der Waals surface area contributed by atoms with Crippen molar-refractivity contribution in [2.45, 2.75) is 31.3 Å². The van der Waals surface area contributed by atoms with Crippen molar-refractivity contribution < 1.29 is 14.6 Å². The summed E-state index contributed by atoms with van der Waals surface area (Å²) in [6, 6.07) is 30.8. The Balaban J connectivity index is 1.31. The summed E-state index contributed by atoms with van der Waals surface area (Å²) in [5.74, 6) is -0.736. The van der Waals surface area contributed by atoms with Gasteiger partial charge in [-0.05, 0) is 29.5 Å². The molecule has 0 bridgehead atoms. The van der Waals surface area contributed by atoms with Gasteiger partial charge in [-0.25, -0.2) is 0 Å². The molecule has 1 atom stereocenters. The van der Waals surface area contributed by atoms with Gasteiger partial charge < -0.3 is 9.84 Å². The van der Waals surface area contributed by atoms with Crippen molar-refractivity contribution in [3.63, 3.8) is 0 Å². The van der Waals surface area contributed by atoms with Gasteiger partial charge in [0.2, 0.25) is 0 Å². The van der Waals surface area contributed by atoms with Gasteiger partial charge in [0, 0.05) is 25.6 Å². The summed E-state index contributed by atoms with van der Waals surface area (Å²) in [5.41, 5.74) is 4.86. The van der Waals surface area contributed by atoms with Crippen LogP contribution < -0.4 is 0 Å². The van der Waals surface area contributed by atoms with Crippen molar-refractivity contribution in [1.29, 1.82) is 0 Å². The molecule has 0 spiro atoms. The molecule has 34 heavy (non-hydrogen) atoms. The summed E-state index contributed by atoms with van der Waals surface area (Å²) in [5, 5.41) is 9.38. The SMILES string of the molecule is O=C(O)C[C@H](CN1CC=C(CCOC(c2ccccc2)c2ccccc2)CC1)c1ccccc1. The van der Waals surface area contributed by atoms with Gasteiger partial charge in [0.25, 0.3) is 0 Å². The second-order valence-electron chi connectivity index (χ2n) is 8.90. The van der Waals surface area contributed by atoms with Gasteiger partial charge in [-0.15, -0.1) is 0 Å². The monoisotopic (exact) mass is 455 g/mol. The van der Waals surface area contributed by atoms with Gasteiger partial charge in [-0.1, -0.05) is 103 Å². The first kappa shape index (κ1) is 23.9. The van der Waals surface area contributed by atoms with E-state index in [4.69, 9.17) is 4.74 Å². The number of carboxylic acids is 1. The first-order valence-electron chi connectivity index (χ1n) is 12.1. The number of nitrogens with zero attached hydrogens (tertiary/aromatic N) is 1. The smallest absolute Gasteiger partial charge is 0.304 e. The van der Waals surface area contributed by atoms with Crippen LogP contribution in [0.25, 0.3) is 0 Å². The zero-order valence-electron chi connectivity index (χ0n) is 19.6. The van der Waals surface area contributed by atoms with E-state index >= 15 is 0 Å². The molecule has 176 valence electrons. The third kappa shape index (κ3) is 6.89. The Morgan fingerprint density at radius 3 is 1.91 bits per heavy atom. The fourth-order valence-electron chi connectivity index (χ4n) is 4.63. The van der Waals surface area contributed by atoms with Gasteiger partial charge in [0.15, 0.2) is 0 Å². The molecule has 0 fully saturated rings. The third-order valence-corrected chi connectivity index (χ3v) is 6.47. The van der Waals surface area contributed by atoms with Gasteiger partial charge in [0.1, 0.15) is 6.10 Å². The number of carboxylic acid groups (broad SMARTS) is 1. The fourth-order valence-corrected chi connectivity index (χ4v) is 4.63. The number of hydrogen-bond acceptors (Lipinski definition) is 3. The lowest BCUT2D eigenvalue weighted by molar-refractivity contribution is -0.137. The molecule has 1 aliphatic rings. The highest BCUT2D eigenvalue weighted by Crippen LogP contribution is 2.27. The maximum atomic E-state index is 11.4. The predicted octanol–water partition coefficient (Wildman–Crippen LogP) is 6.07. The maximum absolute atomic E-state index is 11.4. The van der Waals surface area contributed by atoms with Gasteiger partial charge >= 0.3 is 5.97 Å². The minimum atomic E-state index is -0.745. The molecule has 0 aliphatic carbocycles. The number of aliphatic carboxylic acids is 1. The van der Waals surface area contributed by atoms with Crippen molar-refractivity contribution in [1.82, 2.24) is 4.90 Å². The highest BCUT2D eigenvalue weighted by atomic mass is 16.5. The van der Waals surface area contributed by atoms with Crippen molar-refractivity contribution in [2.75, 3.05) is 26.2 Å². The molecule has 0 amide bonds. The molecule has 0 saturated carbocycles. The molecule has 3 aromatic carbocycles. The predicted molar refractivity (Wildman–Crippen MR) is 136 cm³/mol. The number of carbonyl (C=O) groups is 1. The number of benzene rings is 3. The van der Waals surface area contributed by atoms with E-state index < -0.39 is 5.97 Å². The molecule has 0 unspecified atom stereocenters. The van der Waals surface area contributed by atoms with E-state index in [1.165, 1.54) is 16.7 Å². The molecule has 4 rings (SSSR count). The normalized spacial score (nSPS) is 15.1. The molecular formula is C30H33NO3. The van der Waals surface area contributed by atoms with Crippen LogP contribution in [0.2, 0.25) is 0 Å². The molecule has 0 saturated heterocycles. The molecule has 3 aromatic rings. The highest BCUT2D eigenvalue weighted by molar-refractivity contribution is 5.68. The summed E-state index contributed by atoms with van der Waals surface area (Å²) in [6.07, 6.45) is 4.31. The summed E-state index contributed by atoms with van der Waals surface area (Å²) >= 11 is 0. The van der Waals surface area contributed by atoms with E-state index in [0.29, 0.717) is 6.61 Å². The van der Waals surface area contributed by atoms with Crippen LogP contribution in [0.15, 0.2) is 103 Å². The zero-order valence-corrected chi connectivity index (χ0v) is 19.6. The van der Waals surface area contributed by atoms with Gasteiger partial charge in [0.05, 0.1) is 13.0 Å². The van der Waals surface area contributed by atoms with Crippen LogP contribution in [0, 0.1) is 0 Å². The topological polar surface area (TPSA) is 49.8 Å². The number of ether oxygens (including phenoxy) is 1. The molecule has 1 heterocycles. The quantitative estimate of drug-likeness (QED) is 0.356. The third-order valence-electron chi connectivity index (χ3n) is 6.47. The molecular weight excluding hydrogens is 422 g/mol. The Hall–Kier alpha value is -3.21. The van der Waals surface area contributed by atoms with E-state index in [-0.39, 0.29) is 18.4 Å². The van der Waals surface area contributed by atoms with Crippen LogP contribution in [-0.4, -0.2) is 42.2 Å². The first-order valence-corrected chi connectivity index (χ1v) is 12.1. The lowest BCUT2D eigenvalue weighted by Gasteiger charge is -2.30. The average Bonchev–Trinajstić information content (AvgIpc) is 2.88. The summed E-state index contributed by atoms with van der Waals surface area (Å²) in [7, 11) is 0. The lowest BCUT2D eigenvalue weighted by atomic mass is 9.94. The summed E-state index contributed by atoms with van der Waals surface area (Å²) < 4.78 is 6.39. The van der Waals surface area contributed by atoms with Gasteiger partial charge in [-0.3, -0.25) is 9.69 Å². The first-order chi connectivity index (χ1) is 16.7. The second-order valence-corrected chi connectivity index (χ2v) is 8.90. The highest BCUT2D eigenvalue weighted by Gasteiger charge is 2.21.